The molecule has 2 aromatic rings. The van der Waals surface area contributed by atoms with E-state index < -0.39 is 14.9 Å². The first-order chi connectivity index (χ1) is 15.8. The molecule has 0 unspecified atom stereocenters. The van der Waals surface area contributed by atoms with Gasteiger partial charge in [-0.1, -0.05) is 17.7 Å². The Bertz CT molecular complexity index is 1180. The molecule has 0 saturated carbocycles. The maximum absolute atomic E-state index is 13.7. The predicted octanol–water partition coefficient (Wildman–Crippen LogP) is 3.94. The van der Waals surface area contributed by atoms with Gasteiger partial charge >= 0.3 is 0 Å². The lowest BCUT2D eigenvalue weighted by atomic mass is 10.0. The molecule has 0 radical (unpaired) electrons. The summed E-state index contributed by atoms with van der Waals surface area (Å²) < 4.78 is 51.1. The SMILES string of the molecule is Cc1cc(CN2CCN(C(=O)COc3ccc(Cl)cc3C(C)(C)S(=O)(=O)O)CC2)c(C)cc1F. The lowest BCUT2D eigenvalue weighted by molar-refractivity contribution is -0.135. The van der Waals surface area contributed by atoms with Gasteiger partial charge in [-0.15, -0.1) is 0 Å². The highest BCUT2D eigenvalue weighted by Gasteiger charge is 2.37. The van der Waals surface area contributed by atoms with Gasteiger partial charge in [-0.25, -0.2) is 4.39 Å². The third-order valence-corrected chi connectivity index (χ3v) is 8.07. The van der Waals surface area contributed by atoms with E-state index in [1.165, 1.54) is 32.0 Å². The van der Waals surface area contributed by atoms with Gasteiger partial charge in [-0.2, -0.15) is 8.42 Å². The average Bonchev–Trinajstić information content (AvgIpc) is 2.76. The van der Waals surface area contributed by atoms with Crippen molar-refractivity contribution < 1.29 is 26.9 Å². The lowest BCUT2D eigenvalue weighted by Crippen LogP contribution is -2.49. The Hall–Kier alpha value is -2.20. The fraction of sp³-hybridized carbons (Fsp3) is 0.458. The van der Waals surface area contributed by atoms with Crippen LogP contribution in [0.3, 0.4) is 0 Å². The van der Waals surface area contributed by atoms with Crippen LogP contribution in [0.2, 0.25) is 5.02 Å². The summed E-state index contributed by atoms with van der Waals surface area (Å²) in [4.78, 5) is 16.7. The number of nitrogens with zero attached hydrogens (tertiary/aromatic N) is 2. The predicted molar refractivity (Wildman–Crippen MR) is 129 cm³/mol. The summed E-state index contributed by atoms with van der Waals surface area (Å²) in [5.74, 6) is -0.263. The molecule has 0 spiro atoms. The highest BCUT2D eigenvalue weighted by atomic mass is 35.5. The molecule has 1 fully saturated rings. The molecule has 7 nitrogen and oxygen atoms in total. The number of amides is 1. The Morgan fingerprint density at radius 3 is 2.38 bits per heavy atom. The number of carbonyl (C=O) groups is 1. The van der Waals surface area contributed by atoms with Crippen LogP contribution in [0.25, 0.3) is 0 Å². The van der Waals surface area contributed by atoms with Gasteiger partial charge in [0.15, 0.2) is 6.61 Å². The third-order valence-electron chi connectivity index (χ3n) is 6.32. The summed E-state index contributed by atoms with van der Waals surface area (Å²) in [5.41, 5.74) is 2.76. The molecule has 1 heterocycles. The fourth-order valence-electron chi connectivity index (χ4n) is 3.88. The zero-order valence-electron chi connectivity index (χ0n) is 19.8. The Morgan fingerprint density at radius 1 is 1.12 bits per heavy atom. The van der Waals surface area contributed by atoms with E-state index in [1.807, 2.05) is 13.0 Å². The summed E-state index contributed by atoms with van der Waals surface area (Å²) in [6.07, 6.45) is 0. The minimum Gasteiger partial charge on any atom is -0.483 e. The highest BCUT2D eigenvalue weighted by molar-refractivity contribution is 7.86. The van der Waals surface area contributed by atoms with Crippen LogP contribution in [-0.4, -0.2) is 61.5 Å². The van der Waals surface area contributed by atoms with Crippen LogP contribution in [0.4, 0.5) is 4.39 Å². The van der Waals surface area contributed by atoms with E-state index in [2.05, 4.69) is 4.90 Å². The van der Waals surface area contributed by atoms with Gasteiger partial charge in [-0.05, 0) is 68.7 Å². The molecule has 34 heavy (non-hydrogen) atoms. The summed E-state index contributed by atoms with van der Waals surface area (Å²) in [6, 6.07) is 7.85. The molecule has 186 valence electrons. The Morgan fingerprint density at radius 2 is 1.76 bits per heavy atom. The van der Waals surface area contributed by atoms with Crippen LogP contribution in [-0.2, 0) is 26.2 Å². The molecule has 0 aliphatic carbocycles. The first-order valence-corrected chi connectivity index (χ1v) is 12.8. The molecule has 1 amide bonds. The summed E-state index contributed by atoms with van der Waals surface area (Å²) >= 11 is 6.02. The Balaban J connectivity index is 1.60. The van der Waals surface area contributed by atoms with E-state index >= 15 is 0 Å². The van der Waals surface area contributed by atoms with Crippen LogP contribution >= 0.6 is 11.6 Å². The maximum atomic E-state index is 13.7. The molecular formula is C24H30ClFN2O5S. The standard InChI is InChI=1S/C24H30ClFN2O5S/c1-16-12-21(26)17(2)11-18(16)14-27-7-9-28(10-8-27)23(29)15-33-22-6-5-19(25)13-20(22)24(3,4)34(30,31)32/h5-6,11-13H,7-10,14-15H2,1-4H3,(H,30,31,32). The number of ether oxygens (including phenoxy) is 1. The number of rotatable bonds is 7. The number of hydrogen-bond acceptors (Lipinski definition) is 5. The van der Waals surface area contributed by atoms with Crippen LogP contribution in [0, 0.1) is 19.7 Å². The second-order valence-corrected chi connectivity index (χ2v) is 11.5. The van der Waals surface area contributed by atoms with Gasteiger partial charge in [0.1, 0.15) is 16.3 Å². The second-order valence-electron chi connectivity index (χ2n) is 9.10. The normalized spacial score (nSPS) is 15.4. The second kappa shape index (κ2) is 10.2. The van der Waals surface area contributed by atoms with Crippen molar-refractivity contribution in [2.45, 2.75) is 39.0 Å². The number of benzene rings is 2. The molecule has 2 aromatic carbocycles. The molecule has 1 aliphatic heterocycles. The topological polar surface area (TPSA) is 87.2 Å². The van der Waals surface area contributed by atoms with Crippen LogP contribution in [0.15, 0.2) is 30.3 Å². The largest absolute Gasteiger partial charge is 0.483 e. The number of piperazine rings is 1. The summed E-state index contributed by atoms with van der Waals surface area (Å²) in [5, 5.41) is 0.285. The molecule has 1 aliphatic rings. The molecule has 3 rings (SSSR count). The van der Waals surface area contributed by atoms with Gasteiger partial charge in [-0.3, -0.25) is 14.2 Å². The van der Waals surface area contributed by atoms with Crippen molar-refractivity contribution in [2.24, 2.45) is 0 Å². The van der Waals surface area contributed by atoms with Gasteiger partial charge in [0, 0.05) is 43.3 Å². The fourth-order valence-corrected chi connectivity index (χ4v) is 4.49. The van der Waals surface area contributed by atoms with E-state index in [0.29, 0.717) is 38.3 Å². The monoisotopic (exact) mass is 512 g/mol. The third kappa shape index (κ3) is 5.89. The quantitative estimate of drug-likeness (QED) is 0.565. The molecule has 10 heteroatoms. The Kier molecular flexibility index (Phi) is 7.92. The highest BCUT2D eigenvalue weighted by Crippen LogP contribution is 2.37. The lowest BCUT2D eigenvalue weighted by Gasteiger charge is -2.35. The summed E-state index contributed by atoms with van der Waals surface area (Å²) in [6.45, 7) is 9.11. The molecule has 0 atom stereocenters. The zero-order valence-corrected chi connectivity index (χ0v) is 21.3. The number of halogens is 2. The molecular weight excluding hydrogens is 483 g/mol. The van der Waals surface area contributed by atoms with Crippen LogP contribution in [0.1, 0.15) is 36.1 Å². The van der Waals surface area contributed by atoms with E-state index in [0.717, 1.165) is 11.1 Å². The molecule has 0 bridgehead atoms. The van der Waals surface area contributed by atoms with E-state index in [1.54, 1.807) is 17.9 Å². The molecule has 1 N–H and O–H groups in total. The molecule has 1 saturated heterocycles. The van der Waals surface area contributed by atoms with Crippen molar-refractivity contribution >= 4 is 27.6 Å². The van der Waals surface area contributed by atoms with Gasteiger partial charge < -0.3 is 9.64 Å². The van der Waals surface area contributed by atoms with E-state index in [4.69, 9.17) is 16.3 Å². The van der Waals surface area contributed by atoms with Crippen molar-refractivity contribution in [1.82, 2.24) is 9.80 Å². The molecule has 0 aromatic heterocycles. The number of aryl methyl sites for hydroxylation is 2. The van der Waals surface area contributed by atoms with Crippen LogP contribution in [0.5, 0.6) is 5.75 Å². The average molecular weight is 513 g/mol. The first kappa shape index (κ1) is 26.4. The van der Waals surface area contributed by atoms with E-state index in [-0.39, 0.29) is 34.7 Å². The summed E-state index contributed by atoms with van der Waals surface area (Å²) in [7, 11) is -4.45. The van der Waals surface area contributed by atoms with Gasteiger partial charge in [0.05, 0.1) is 0 Å². The zero-order chi connectivity index (χ0) is 25.3. The maximum Gasteiger partial charge on any atom is 0.274 e. The first-order valence-electron chi connectivity index (χ1n) is 10.9. The number of hydrogen-bond donors (Lipinski definition) is 1. The minimum atomic E-state index is -4.45. The van der Waals surface area contributed by atoms with Crippen molar-refractivity contribution in [3.63, 3.8) is 0 Å². The van der Waals surface area contributed by atoms with E-state index in [9.17, 15) is 22.2 Å². The number of carbonyl (C=O) groups excluding carboxylic acids is 1. The van der Waals surface area contributed by atoms with Crippen molar-refractivity contribution in [3.05, 3.63) is 63.4 Å². The van der Waals surface area contributed by atoms with Gasteiger partial charge in [0.25, 0.3) is 16.0 Å². The van der Waals surface area contributed by atoms with Crippen molar-refractivity contribution in [3.8, 4) is 5.75 Å². The van der Waals surface area contributed by atoms with Gasteiger partial charge in [0.2, 0.25) is 0 Å². The van der Waals surface area contributed by atoms with Crippen LogP contribution < -0.4 is 4.74 Å². The smallest absolute Gasteiger partial charge is 0.274 e. The van der Waals surface area contributed by atoms with Crippen molar-refractivity contribution in [2.75, 3.05) is 32.8 Å². The minimum absolute atomic E-state index is 0.168. The van der Waals surface area contributed by atoms with Crippen molar-refractivity contribution in [1.29, 1.82) is 0 Å². The Labute approximate surface area is 205 Å².